The number of anilines is 6. The molecular weight excluding hydrogens is 689 g/mol. The van der Waals surface area contributed by atoms with Gasteiger partial charge in [0.1, 0.15) is 0 Å². The van der Waals surface area contributed by atoms with E-state index in [1.807, 2.05) is 0 Å². The van der Waals surface area contributed by atoms with Crippen molar-refractivity contribution >= 4 is 55.7 Å². The fourth-order valence-corrected chi connectivity index (χ4v) is 7.87. The van der Waals surface area contributed by atoms with Gasteiger partial charge in [-0.05, 0) is 142 Å². The summed E-state index contributed by atoms with van der Waals surface area (Å²) in [6, 6.07) is 75.3. The Bertz CT molecular complexity index is 2750. The first kappa shape index (κ1) is 35.8. The second kappa shape index (κ2) is 16.1. The lowest BCUT2D eigenvalue weighted by atomic mass is 9.99. The van der Waals surface area contributed by atoms with Crippen molar-refractivity contribution < 1.29 is 0 Å². The highest BCUT2D eigenvalue weighted by Gasteiger charge is 2.16. The molecule has 0 saturated carbocycles. The number of aryl methyl sites for hydroxylation is 2. The highest BCUT2D eigenvalue weighted by molar-refractivity contribution is 5.91. The lowest BCUT2D eigenvalue weighted by Gasteiger charge is -2.26. The average molecular weight is 735 g/mol. The van der Waals surface area contributed by atoms with Gasteiger partial charge in [-0.3, -0.25) is 0 Å². The van der Waals surface area contributed by atoms with E-state index in [1.165, 1.54) is 67.8 Å². The molecule has 0 aliphatic rings. The molecule has 0 N–H and O–H groups in total. The van der Waals surface area contributed by atoms with Gasteiger partial charge in [0.2, 0.25) is 0 Å². The number of benzene rings is 9. The number of hydrogen-bond donors (Lipinski definition) is 0. The summed E-state index contributed by atoms with van der Waals surface area (Å²) in [6.07, 6.45) is 3.53. The van der Waals surface area contributed by atoms with E-state index in [2.05, 4.69) is 230 Å². The van der Waals surface area contributed by atoms with Crippen LogP contribution in [-0.2, 0) is 6.42 Å². The summed E-state index contributed by atoms with van der Waals surface area (Å²) >= 11 is 0. The van der Waals surface area contributed by atoms with Crippen LogP contribution in [0.1, 0.15) is 30.9 Å². The maximum atomic E-state index is 2.37. The molecule has 9 aromatic carbocycles. The van der Waals surface area contributed by atoms with Crippen LogP contribution in [0.4, 0.5) is 34.1 Å². The van der Waals surface area contributed by atoms with Gasteiger partial charge >= 0.3 is 0 Å². The van der Waals surface area contributed by atoms with Crippen molar-refractivity contribution in [2.24, 2.45) is 0 Å². The second-order valence-corrected chi connectivity index (χ2v) is 15.0. The molecule has 9 aromatic rings. The fraction of sp³-hybridized carbons (Fsp3) is 0.0909. The minimum atomic E-state index is 1.12. The first-order valence-electron chi connectivity index (χ1n) is 20.1. The third kappa shape index (κ3) is 7.68. The Morgan fingerprint density at radius 3 is 1.07 bits per heavy atom. The minimum Gasteiger partial charge on any atom is -0.310 e. The van der Waals surface area contributed by atoms with Crippen LogP contribution >= 0.6 is 0 Å². The molecule has 0 bridgehead atoms. The molecular formula is C55H46N2. The maximum absolute atomic E-state index is 2.37. The molecule has 0 aliphatic carbocycles. The molecule has 0 saturated heterocycles. The Morgan fingerprint density at radius 2 is 0.667 bits per heavy atom. The van der Waals surface area contributed by atoms with Crippen molar-refractivity contribution in [3.8, 4) is 22.3 Å². The zero-order valence-corrected chi connectivity index (χ0v) is 32.6. The summed E-state index contributed by atoms with van der Waals surface area (Å²) in [5.41, 5.74) is 14.3. The molecule has 0 amide bonds. The molecule has 0 aromatic heterocycles. The molecule has 0 heterocycles. The van der Waals surface area contributed by atoms with Crippen LogP contribution in [0.15, 0.2) is 206 Å². The SMILES string of the molecule is CCCCc1ccc(N(c2ccc(-c3ccc(-c4ccc(N(c5ccc(C)cc5)c5ccc6ccccc6c5)cc4)cc3)cc2)c2ccc3ccccc3c2)cc1. The van der Waals surface area contributed by atoms with Crippen LogP contribution in [0.25, 0.3) is 43.8 Å². The van der Waals surface area contributed by atoms with E-state index in [-0.39, 0.29) is 0 Å². The monoisotopic (exact) mass is 734 g/mol. The summed E-state index contributed by atoms with van der Waals surface area (Å²) in [5.74, 6) is 0. The minimum absolute atomic E-state index is 1.12. The molecule has 2 heteroatoms. The second-order valence-electron chi connectivity index (χ2n) is 15.0. The summed E-state index contributed by atoms with van der Waals surface area (Å²) in [7, 11) is 0. The van der Waals surface area contributed by atoms with Crippen LogP contribution in [0, 0.1) is 6.92 Å². The third-order valence-corrected chi connectivity index (χ3v) is 11.1. The molecule has 9 rings (SSSR count). The van der Waals surface area contributed by atoms with E-state index in [0.717, 1.165) is 40.5 Å². The quantitative estimate of drug-likeness (QED) is 0.131. The lowest BCUT2D eigenvalue weighted by Crippen LogP contribution is -2.10. The van der Waals surface area contributed by atoms with Crippen molar-refractivity contribution in [3.05, 3.63) is 217 Å². The topological polar surface area (TPSA) is 6.48 Å². The molecule has 57 heavy (non-hydrogen) atoms. The lowest BCUT2D eigenvalue weighted by molar-refractivity contribution is 0.795. The molecule has 0 atom stereocenters. The van der Waals surface area contributed by atoms with Gasteiger partial charge < -0.3 is 9.80 Å². The van der Waals surface area contributed by atoms with Crippen LogP contribution in [0.2, 0.25) is 0 Å². The molecule has 0 radical (unpaired) electrons. The van der Waals surface area contributed by atoms with Gasteiger partial charge in [-0.15, -0.1) is 0 Å². The van der Waals surface area contributed by atoms with Crippen molar-refractivity contribution in [3.63, 3.8) is 0 Å². The predicted molar refractivity (Wildman–Crippen MR) is 245 cm³/mol. The Balaban J connectivity index is 0.977. The van der Waals surface area contributed by atoms with Gasteiger partial charge in [-0.2, -0.15) is 0 Å². The van der Waals surface area contributed by atoms with Crippen LogP contribution in [0.3, 0.4) is 0 Å². The Morgan fingerprint density at radius 1 is 0.333 bits per heavy atom. The highest BCUT2D eigenvalue weighted by Crippen LogP contribution is 2.39. The molecule has 2 nitrogen and oxygen atoms in total. The first-order chi connectivity index (χ1) is 28.1. The highest BCUT2D eigenvalue weighted by atomic mass is 15.1. The normalized spacial score (nSPS) is 11.2. The van der Waals surface area contributed by atoms with Gasteiger partial charge in [0, 0.05) is 34.1 Å². The average Bonchev–Trinajstić information content (AvgIpc) is 3.27. The summed E-state index contributed by atoms with van der Waals surface area (Å²) < 4.78 is 0. The van der Waals surface area contributed by atoms with E-state index in [0.29, 0.717) is 0 Å². The molecule has 0 fully saturated rings. The van der Waals surface area contributed by atoms with Crippen molar-refractivity contribution in [1.82, 2.24) is 0 Å². The van der Waals surface area contributed by atoms with Crippen molar-refractivity contribution in [2.75, 3.05) is 9.80 Å². The maximum Gasteiger partial charge on any atom is 0.0468 e. The zero-order chi connectivity index (χ0) is 38.6. The van der Waals surface area contributed by atoms with Gasteiger partial charge in [0.25, 0.3) is 0 Å². The standard InChI is InChI=1S/C55H46N2/c1-3-4-9-41-16-30-51(31-17-41)57(55-37-27-43-11-6-8-13-49(43)39-55)53-34-24-47(25-35-53)45-20-18-44(19-21-45)46-22-32-52(33-23-46)56(50-28-14-40(2)15-29-50)54-36-26-42-10-5-7-12-48(42)38-54/h5-8,10-39H,3-4,9H2,1-2H3. The zero-order valence-electron chi connectivity index (χ0n) is 32.6. The Kier molecular flexibility index (Phi) is 10.1. The van der Waals surface area contributed by atoms with Crippen molar-refractivity contribution in [1.29, 1.82) is 0 Å². The number of hydrogen-bond acceptors (Lipinski definition) is 2. The molecule has 0 unspecified atom stereocenters. The molecule has 0 spiro atoms. The third-order valence-electron chi connectivity index (χ3n) is 11.1. The Hall–Kier alpha value is -6.90. The van der Waals surface area contributed by atoms with Gasteiger partial charge in [-0.1, -0.05) is 152 Å². The fourth-order valence-electron chi connectivity index (χ4n) is 7.87. The molecule has 276 valence electrons. The number of rotatable bonds is 11. The number of fused-ring (bicyclic) bond motifs is 2. The summed E-state index contributed by atoms with van der Waals surface area (Å²) in [4.78, 5) is 4.71. The van der Waals surface area contributed by atoms with E-state index < -0.39 is 0 Å². The number of unbranched alkanes of at least 4 members (excludes halogenated alkanes) is 1. The van der Waals surface area contributed by atoms with Crippen LogP contribution in [0.5, 0.6) is 0 Å². The van der Waals surface area contributed by atoms with Gasteiger partial charge in [0.15, 0.2) is 0 Å². The van der Waals surface area contributed by atoms with E-state index in [9.17, 15) is 0 Å². The smallest absolute Gasteiger partial charge is 0.0468 e. The summed E-state index contributed by atoms with van der Waals surface area (Å²) in [5, 5.41) is 4.95. The van der Waals surface area contributed by atoms with Crippen molar-refractivity contribution in [2.45, 2.75) is 33.1 Å². The van der Waals surface area contributed by atoms with E-state index in [4.69, 9.17) is 0 Å². The van der Waals surface area contributed by atoms with Crippen LogP contribution < -0.4 is 9.80 Å². The first-order valence-corrected chi connectivity index (χ1v) is 20.1. The van der Waals surface area contributed by atoms with Gasteiger partial charge in [0.05, 0.1) is 0 Å². The molecule has 0 aliphatic heterocycles. The largest absolute Gasteiger partial charge is 0.310 e. The number of nitrogens with zero attached hydrogens (tertiary/aromatic N) is 2. The van der Waals surface area contributed by atoms with E-state index >= 15 is 0 Å². The summed E-state index contributed by atoms with van der Waals surface area (Å²) in [6.45, 7) is 4.38. The van der Waals surface area contributed by atoms with E-state index in [1.54, 1.807) is 0 Å². The van der Waals surface area contributed by atoms with Crippen LogP contribution in [-0.4, -0.2) is 0 Å². The van der Waals surface area contributed by atoms with Gasteiger partial charge in [-0.25, -0.2) is 0 Å². The Labute approximate surface area is 336 Å². The predicted octanol–water partition coefficient (Wildman–Crippen LogP) is 15.9.